The van der Waals surface area contributed by atoms with Gasteiger partial charge in [0.2, 0.25) is 11.1 Å². The number of nitrogens with zero attached hydrogens (tertiary/aromatic N) is 4. The van der Waals surface area contributed by atoms with Gasteiger partial charge in [-0.1, -0.05) is 85.4 Å². The van der Waals surface area contributed by atoms with Crippen LogP contribution < -0.4 is 5.32 Å². The maximum atomic E-state index is 11.3. The van der Waals surface area contributed by atoms with Crippen LogP contribution >= 0.6 is 11.8 Å². The van der Waals surface area contributed by atoms with Crippen LogP contribution in [0, 0.1) is 5.92 Å². The van der Waals surface area contributed by atoms with E-state index >= 15 is 0 Å². The van der Waals surface area contributed by atoms with Crippen LogP contribution in [0.4, 0.5) is 0 Å². The molecule has 1 aliphatic heterocycles. The summed E-state index contributed by atoms with van der Waals surface area (Å²) in [7, 11) is 0. The number of para-hydroxylation sites is 1. The first-order valence-corrected chi connectivity index (χ1v) is 13.8. The molecule has 0 radical (unpaired) electrons. The topological polar surface area (TPSA) is 111 Å². The first kappa shape index (κ1) is 27.0. The van der Waals surface area contributed by atoms with E-state index in [4.69, 9.17) is 9.47 Å². The number of hydrogen-bond donors (Lipinski definition) is 2. The molecule has 1 saturated heterocycles. The van der Waals surface area contributed by atoms with Crippen LogP contribution in [0.25, 0.3) is 5.69 Å². The van der Waals surface area contributed by atoms with E-state index in [1.807, 2.05) is 78.9 Å². The molecule has 5 rings (SSSR count). The monoisotopic (exact) mass is 545 g/mol. The molecule has 39 heavy (non-hydrogen) atoms. The van der Waals surface area contributed by atoms with Gasteiger partial charge in [-0.2, -0.15) is 4.68 Å². The molecule has 202 valence electrons. The van der Waals surface area contributed by atoms with E-state index < -0.39 is 6.29 Å². The Bertz CT molecular complexity index is 1360. The number of ether oxygens (including phenoxy) is 2. The van der Waals surface area contributed by atoms with Crippen molar-refractivity contribution in [1.29, 1.82) is 0 Å². The highest BCUT2D eigenvalue weighted by atomic mass is 32.2. The highest BCUT2D eigenvalue weighted by Crippen LogP contribution is 2.43. The van der Waals surface area contributed by atoms with Crippen LogP contribution in [0.1, 0.15) is 48.5 Å². The summed E-state index contributed by atoms with van der Waals surface area (Å²) in [6, 6.07) is 25.5. The summed E-state index contributed by atoms with van der Waals surface area (Å²) in [5.41, 5.74) is 4.66. The predicted molar refractivity (Wildman–Crippen MR) is 147 cm³/mol. The second-order valence-electron chi connectivity index (χ2n) is 9.49. The van der Waals surface area contributed by atoms with Gasteiger partial charge in [-0.15, -0.1) is 5.10 Å². The summed E-state index contributed by atoms with van der Waals surface area (Å²) in [5, 5.41) is 25.3. The third kappa shape index (κ3) is 6.54. The Morgan fingerprint density at radius 1 is 0.974 bits per heavy atom. The number of hydrogen-bond acceptors (Lipinski definition) is 8. The molecule has 4 unspecified atom stereocenters. The molecular weight excluding hydrogens is 514 g/mol. The summed E-state index contributed by atoms with van der Waals surface area (Å²) < 4.78 is 14.8. The van der Waals surface area contributed by atoms with Crippen molar-refractivity contribution in [2.75, 3.05) is 5.75 Å². The van der Waals surface area contributed by atoms with Crippen LogP contribution in [0.3, 0.4) is 0 Å². The number of nitrogens with one attached hydrogen (secondary N) is 1. The van der Waals surface area contributed by atoms with Crippen LogP contribution in [0.5, 0.6) is 0 Å². The number of amides is 1. The van der Waals surface area contributed by atoms with Gasteiger partial charge in [0.15, 0.2) is 6.29 Å². The lowest BCUT2D eigenvalue weighted by Gasteiger charge is -2.41. The van der Waals surface area contributed by atoms with Crippen molar-refractivity contribution in [3.63, 3.8) is 0 Å². The van der Waals surface area contributed by atoms with E-state index in [0.717, 1.165) is 27.9 Å². The maximum absolute atomic E-state index is 11.3. The van der Waals surface area contributed by atoms with E-state index in [0.29, 0.717) is 17.5 Å². The van der Waals surface area contributed by atoms with Crippen LogP contribution in [0.15, 0.2) is 84.0 Å². The van der Waals surface area contributed by atoms with Gasteiger partial charge in [-0.3, -0.25) is 4.79 Å². The van der Waals surface area contributed by atoms with E-state index in [1.165, 1.54) is 6.92 Å². The molecule has 0 saturated carbocycles. The second-order valence-corrected chi connectivity index (χ2v) is 10.5. The molecule has 0 bridgehead atoms. The number of thioether (sulfide) groups is 1. The summed E-state index contributed by atoms with van der Waals surface area (Å²) in [6.07, 6.45) is -0.947. The number of aromatic nitrogens is 4. The Kier molecular flexibility index (Phi) is 8.67. The standard InChI is InChI=1S/C29H31N5O4S/c1-19-26(18-39-29-31-32-33-34(29)25-6-4-3-5-7-25)37-28(24-14-8-21(9-15-24)16-30-20(2)36)38-27(19)23-12-10-22(17-35)11-13-23/h3-15,19,26-28,35H,16-18H2,1-2H3,(H,30,36). The molecule has 1 aromatic heterocycles. The third-order valence-corrected chi connectivity index (χ3v) is 7.74. The van der Waals surface area contributed by atoms with Gasteiger partial charge in [-0.25, -0.2) is 0 Å². The fourth-order valence-corrected chi connectivity index (χ4v) is 5.54. The minimum Gasteiger partial charge on any atom is -0.392 e. The first-order valence-electron chi connectivity index (χ1n) is 12.8. The lowest BCUT2D eigenvalue weighted by Crippen LogP contribution is -2.38. The molecular formula is C29H31N5O4S. The Labute approximate surface area is 231 Å². The molecule has 1 fully saturated rings. The van der Waals surface area contributed by atoms with Crippen LogP contribution in [0.2, 0.25) is 0 Å². The normalized spacial score (nSPS) is 21.0. The molecule has 9 nitrogen and oxygen atoms in total. The van der Waals surface area contributed by atoms with Crippen molar-refractivity contribution in [2.24, 2.45) is 5.92 Å². The van der Waals surface area contributed by atoms with E-state index in [-0.39, 0.29) is 30.6 Å². The lowest BCUT2D eigenvalue weighted by atomic mass is 9.91. The fourth-order valence-electron chi connectivity index (χ4n) is 4.49. The number of rotatable bonds is 9. The minimum absolute atomic E-state index is 0.00662. The van der Waals surface area contributed by atoms with Gasteiger partial charge in [0.25, 0.3) is 0 Å². The van der Waals surface area contributed by atoms with Crippen LogP contribution in [-0.4, -0.2) is 43.1 Å². The van der Waals surface area contributed by atoms with Gasteiger partial charge < -0.3 is 19.9 Å². The quantitative estimate of drug-likeness (QED) is 0.298. The van der Waals surface area contributed by atoms with Crippen molar-refractivity contribution < 1.29 is 19.4 Å². The van der Waals surface area contributed by atoms with Gasteiger partial charge in [0.05, 0.1) is 24.5 Å². The molecule has 3 aromatic carbocycles. The largest absolute Gasteiger partial charge is 0.392 e. The molecule has 4 aromatic rings. The highest BCUT2D eigenvalue weighted by Gasteiger charge is 2.38. The molecule has 4 atom stereocenters. The number of aliphatic hydroxyl groups excluding tert-OH is 1. The van der Waals surface area contributed by atoms with E-state index in [1.54, 1.807) is 16.4 Å². The summed E-state index contributed by atoms with van der Waals surface area (Å²) >= 11 is 1.54. The van der Waals surface area contributed by atoms with Gasteiger partial charge >= 0.3 is 0 Å². The van der Waals surface area contributed by atoms with Crippen molar-refractivity contribution in [2.45, 2.75) is 50.7 Å². The summed E-state index contributed by atoms with van der Waals surface area (Å²) in [6.45, 7) is 4.09. The van der Waals surface area contributed by atoms with Crippen molar-refractivity contribution >= 4 is 17.7 Å². The van der Waals surface area contributed by atoms with Gasteiger partial charge in [-0.05, 0) is 39.2 Å². The molecule has 1 aliphatic rings. The molecule has 0 aliphatic carbocycles. The Morgan fingerprint density at radius 2 is 1.67 bits per heavy atom. The molecule has 1 amide bonds. The Hall–Kier alpha value is -3.57. The number of aliphatic hydroxyl groups is 1. The van der Waals surface area contributed by atoms with E-state index in [9.17, 15) is 9.90 Å². The third-order valence-electron chi connectivity index (χ3n) is 6.74. The Balaban J connectivity index is 1.37. The van der Waals surface area contributed by atoms with E-state index in [2.05, 4.69) is 27.8 Å². The van der Waals surface area contributed by atoms with Gasteiger partial charge in [0.1, 0.15) is 0 Å². The number of carbonyl (C=O) groups excluding carboxylic acids is 1. The molecule has 0 spiro atoms. The Morgan fingerprint density at radius 3 is 2.36 bits per heavy atom. The zero-order chi connectivity index (χ0) is 27.2. The smallest absolute Gasteiger partial charge is 0.217 e. The highest BCUT2D eigenvalue weighted by molar-refractivity contribution is 7.99. The molecule has 10 heteroatoms. The van der Waals surface area contributed by atoms with Gasteiger partial charge in [0, 0.05) is 30.7 Å². The lowest BCUT2D eigenvalue weighted by molar-refractivity contribution is -0.268. The summed E-state index contributed by atoms with van der Waals surface area (Å²) in [4.78, 5) is 11.3. The van der Waals surface area contributed by atoms with Crippen molar-refractivity contribution in [3.8, 4) is 5.69 Å². The number of carbonyl (C=O) groups is 1. The SMILES string of the molecule is CC(=O)NCc1ccc(C2OC(CSc3nnnn3-c3ccccc3)C(C)C(c3ccc(CO)cc3)O2)cc1. The zero-order valence-corrected chi connectivity index (χ0v) is 22.6. The average Bonchev–Trinajstić information content (AvgIpc) is 3.45. The fraction of sp³-hybridized carbons (Fsp3) is 0.310. The predicted octanol–water partition coefficient (Wildman–Crippen LogP) is 4.37. The second kappa shape index (κ2) is 12.5. The minimum atomic E-state index is -0.575. The van der Waals surface area contributed by atoms with Crippen LogP contribution in [-0.2, 0) is 27.4 Å². The summed E-state index contributed by atoms with van der Waals surface area (Å²) in [5.74, 6) is 0.592. The number of benzene rings is 3. The average molecular weight is 546 g/mol. The molecule has 2 N–H and O–H groups in total. The molecule has 2 heterocycles. The first-order chi connectivity index (χ1) is 19.0. The van der Waals surface area contributed by atoms with Crippen molar-refractivity contribution in [1.82, 2.24) is 25.5 Å². The zero-order valence-electron chi connectivity index (χ0n) is 21.8. The number of tetrazole rings is 1. The van der Waals surface area contributed by atoms with Crippen molar-refractivity contribution in [3.05, 3.63) is 101 Å². The maximum Gasteiger partial charge on any atom is 0.217 e.